The van der Waals surface area contributed by atoms with E-state index in [-0.39, 0.29) is 12.0 Å². The molecule has 2 aromatic carbocycles. The molecule has 2 aliphatic rings. The lowest BCUT2D eigenvalue weighted by atomic mass is 10.0. The van der Waals surface area contributed by atoms with Crippen LogP contribution in [0.15, 0.2) is 54.7 Å². The molecule has 1 atom stereocenters. The highest BCUT2D eigenvalue weighted by molar-refractivity contribution is 5.91. The number of nitrogens with one attached hydrogen (secondary N) is 1. The molecule has 1 unspecified atom stereocenters. The first-order valence-electron chi connectivity index (χ1n) is 10.7. The lowest BCUT2D eigenvalue weighted by Gasteiger charge is -2.17. The second-order valence-corrected chi connectivity index (χ2v) is 7.99. The van der Waals surface area contributed by atoms with Crippen molar-refractivity contribution in [1.29, 1.82) is 0 Å². The predicted octanol–water partition coefficient (Wildman–Crippen LogP) is 2.99. The van der Waals surface area contributed by atoms with Crippen molar-refractivity contribution in [3.05, 3.63) is 65.9 Å². The summed E-state index contributed by atoms with van der Waals surface area (Å²) in [5.41, 5.74) is 5.02. The first-order chi connectivity index (χ1) is 15.6. The van der Waals surface area contributed by atoms with E-state index in [0.717, 1.165) is 23.2 Å². The van der Waals surface area contributed by atoms with Crippen molar-refractivity contribution in [3.8, 4) is 17.0 Å². The van der Waals surface area contributed by atoms with Crippen molar-refractivity contribution in [1.82, 2.24) is 15.1 Å². The van der Waals surface area contributed by atoms with Gasteiger partial charge in [-0.3, -0.25) is 14.4 Å². The fourth-order valence-electron chi connectivity index (χ4n) is 4.16. The molecule has 2 amide bonds. The number of cyclic esters (lactones) is 1. The summed E-state index contributed by atoms with van der Waals surface area (Å²) in [6.07, 6.45) is 1.86. The summed E-state index contributed by atoms with van der Waals surface area (Å²) >= 11 is 0. The van der Waals surface area contributed by atoms with Crippen LogP contribution in [0.4, 0.5) is 10.5 Å². The summed E-state index contributed by atoms with van der Waals surface area (Å²) in [5.74, 6) is 0.565. The second kappa shape index (κ2) is 8.37. The largest absolute Gasteiger partial charge is 0.492 e. The first kappa shape index (κ1) is 20.1. The van der Waals surface area contributed by atoms with Crippen molar-refractivity contribution in [3.63, 3.8) is 0 Å². The van der Waals surface area contributed by atoms with Gasteiger partial charge in [-0.05, 0) is 17.7 Å². The van der Waals surface area contributed by atoms with Crippen LogP contribution >= 0.6 is 0 Å². The van der Waals surface area contributed by atoms with Gasteiger partial charge in [0.15, 0.2) is 0 Å². The molecule has 1 N–H and O–H groups in total. The van der Waals surface area contributed by atoms with E-state index in [0.29, 0.717) is 37.7 Å². The third-order valence-corrected chi connectivity index (χ3v) is 5.70. The van der Waals surface area contributed by atoms with Gasteiger partial charge in [-0.15, -0.1) is 0 Å². The molecule has 0 bridgehead atoms. The van der Waals surface area contributed by atoms with Gasteiger partial charge in [-0.2, -0.15) is 5.10 Å². The van der Waals surface area contributed by atoms with Crippen LogP contribution in [0.3, 0.4) is 0 Å². The van der Waals surface area contributed by atoms with Gasteiger partial charge < -0.3 is 14.8 Å². The van der Waals surface area contributed by atoms with Crippen molar-refractivity contribution in [2.75, 3.05) is 24.6 Å². The lowest BCUT2D eigenvalue weighted by molar-refractivity contribution is -0.119. The maximum absolute atomic E-state index is 12.4. The number of carbonyl (C=O) groups excluding carboxylic acids is 2. The van der Waals surface area contributed by atoms with Crippen molar-refractivity contribution < 1.29 is 19.1 Å². The topological polar surface area (TPSA) is 85.7 Å². The van der Waals surface area contributed by atoms with E-state index < -0.39 is 6.09 Å². The van der Waals surface area contributed by atoms with Crippen molar-refractivity contribution in [2.24, 2.45) is 0 Å². The number of nitrogens with zero attached hydrogens (tertiary/aromatic N) is 3. The highest BCUT2D eigenvalue weighted by Gasteiger charge is 2.33. The number of aromatic nitrogens is 2. The smallest absolute Gasteiger partial charge is 0.414 e. The Labute approximate surface area is 185 Å². The van der Waals surface area contributed by atoms with Crippen molar-refractivity contribution >= 4 is 17.7 Å². The molecule has 1 aromatic heterocycles. The Balaban J connectivity index is 1.43. The molecule has 0 saturated carbocycles. The Morgan fingerprint density at radius 1 is 1.22 bits per heavy atom. The van der Waals surface area contributed by atoms with Crippen LogP contribution in [-0.2, 0) is 22.5 Å². The number of ether oxygens (including phenoxy) is 2. The molecular weight excluding hydrogens is 408 g/mol. The van der Waals surface area contributed by atoms with Gasteiger partial charge in [0.1, 0.15) is 11.9 Å². The quantitative estimate of drug-likeness (QED) is 0.670. The zero-order chi connectivity index (χ0) is 22.1. The van der Waals surface area contributed by atoms with Crippen LogP contribution in [-0.4, -0.2) is 47.6 Å². The van der Waals surface area contributed by atoms with E-state index in [1.54, 1.807) is 4.90 Å². The SMILES string of the molecule is CC(=O)NCC1CN(c2ccc3c(c2)OCCc2cnn(Cc4ccccc4)c2-3)C(=O)O1. The molecule has 8 heteroatoms. The van der Waals surface area contributed by atoms with Crippen LogP contribution in [0.2, 0.25) is 0 Å². The summed E-state index contributed by atoms with van der Waals surface area (Å²) in [4.78, 5) is 25.1. The first-order valence-corrected chi connectivity index (χ1v) is 10.7. The van der Waals surface area contributed by atoms with Crippen LogP contribution in [0.5, 0.6) is 5.75 Å². The van der Waals surface area contributed by atoms with Crippen LogP contribution in [0, 0.1) is 0 Å². The van der Waals surface area contributed by atoms with Gasteiger partial charge in [-0.25, -0.2) is 4.79 Å². The zero-order valence-electron chi connectivity index (χ0n) is 17.8. The summed E-state index contributed by atoms with van der Waals surface area (Å²) < 4.78 is 13.5. The number of amides is 2. The fraction of sp³-hybridized carbons (Fsp3) is 0.292. The third kappa shape index (κ3) is 3.91. The standard InChI is InChI=1S/C24H24N4O4/c1-16(29)25-13-20-15-27(24(30)32-20)19-7-8-21-22(11-19)31-10-9-18-12-26-28(23(18)21)14-17-5-3-2-4-6-17/h2-8,11-12,20H,9-10,13-15H2,1H3,(H,25,29). The summed E-state index contributed by atoms with van der Waals surface area (Å²) in [7, 11) is 0. The maximum Gasteiger partial charge on any atom is 0.414 e. The molecule has 1 saturated heterocycles. The molecule has 164 valence electrons. The highest BCUT2D eigenvalue weighted by Crippen LogP contribution is 2.39. The third-order valence-electron chi connectivity index (χ3n) is 5.70. The minimum atomic E-state index is -0.427. The Kier molecular flexibility index (Phi) is 5.26. The number of hydrogen-bond donors (Lipinski definition) is 1. The average molecular weight is 432 g/mol. The van der Waals surface area contributed by atoms with E-state index in [1.807, 2.05) is 47.3 Å². The summed E-state index contributed by atoms with van der Waals surface area (Å²) in [6.45, 7) is 3.31. The van der Waals surface area contributed by atoms with Gasteiger partial charge in [0, 0.05) is 30.5 Å². The van der Waals surface area contributed by atoms with Crippen LogP contribution in [0.25, 0.3) is 11.3 Å². The molecular formula is C24H24N4O4. The van der Waals surface area contributed by atoms with Crippen LogP contribution < -0.4 is 15.0 Å². The van der Waals surface area contributed by atoms with E-state index in [1.165, 1.54) is 12.5 Å². The average Bonchev–Trinajstić information content (AvgIpc) is 3.30. The van der Waals surface area contributed by atoms with E-state index in [2.05, 4.69) is 22.5 Å². The fourth-order valence-corrected chi connectivity index (χ4v) is 4.16. The summed E-state index contributed by atoms with van der Waals surface area (Å²) in [6, 6.07) is 16.0. The van der Waals surface area contributed by atoms with Gasteiger partial charge in [0.2, 0.25) is 5.91 Å². The number of carbonyl (C=O) groups is 2. The van der Waals surface area contributed by atoms with Gasteiger partial charge in [0.25, 0.3) is 0 Å². The number of hydrogen-bond acceptors (Lipinski definition) is 5. The molecule has 1 fully saturated rings. The lowest BCUT2D eigenvalue weighted by Crippen LogP contribution is -2.33. The van der Waals surface area contributed by atoms with Crippen LogP contribution in [0.1, 0.15) is 18.1 Å². The highest BCUT2D eigenvalue weighted by atomic mass is 16.6. The number of fused-ring (bicyclic) bond motifs is 3. The summed E-state index contributed by atoms with van der Waals surface area (Å²) in [5, 5.41) is 7.33. The molecule has 3 aromatic rings. The number of rotatable bonds is 5. The van der Waals surface area contributed by atoms with Gasteiger partial charge in [0.05, 0.1) is 43.8 Å². The molecule has 3 heterocycles. The molecule has 0 radical (unpaired) electrons. The zero-order valence-corrected chi connectivity index (χ0v) is 17.8. The Bertz CT molecular complexity index is 1160. The van der Waals surface area contributed by atoms with Crippen molar-refractivity contribution in [2.45, 2.75) is 26.0 Å². The second-order valence-electron chi connectivity index (χ2n) is 7.99. The molecule has 0 spiro atoms. The molecule has 5 rings (SSSR count). The maximum atomic E-state index is 12.4. The molecule has 32 heavy (non-hydrogen) atoms. The van der Waals surface area contributed by atoms with E-state index in [9.17, 15) is 9.59 Å². The normalized spacial score (nSPS) is 17.1. The molecule has 8 nitrogen and oxygen atoms in total. The van der Waals surface area contributed by atoms with E-state index in [4.69, 9.17) is 9.47 Å². The Morgan fingerprint density at radius 2 is 2.06 bits per heavy atom. The van der Waals surface area contributed by atoms with Gasteiger partial charge >= 0.3 is 6.09 Å². The Hall–Kier alpha value is -3.81. The minimum Gasteiger partial charge on any atom is -0.492 e. The molecule has 0 aliphatic carbocycles. The Morgan fingerprint density at radius 3 is 2.88 bits per heavy atom. The minimum absolute atomic E-state index is 0.152. The van der Waals surface area contributed by atoms with Gasteiger partial charge in [-0.1, -0.05) is 30.3 Å². The molecule has 2 aliphatic heterocycles. The van der Waals surface area contributed by atoms with E-state index >= 15 is 0 Å². The predicted molar refractivity (Wildman–Crippen MR) is 119 cm³/mol. The number of benzene rings is 2. The monoisotopic (exact) mass is 432 g/mol. The number of anilines is 1.